The van der Waals surface area contributed by atoms with E-state index in [2.05, 4.69) is 29.1 Å². The largest absolute Gasteiger partial charge is 0.352 e. The van der Waals surface area contributed by atoms with Crippen LogP contribution in [0, 0.1) is 0 Å². The third-order valence-corrected chi connectivity index (χ3v) is 6.06. The Kier molecular flexibility index (Phi) is 7.68. The number of aromatic nitrogens is 2. The Morgan fingerprint density at radius 2 is 2.04 bits per heavy atom. The minimum absolute atomic E-state index is 0.0245. The lowest BCUT2D eigenvalue weighted by Gasteiger charge is -2.24. The molecule has 1 amide bonds. The SMILES string of the molecule is CC(C)SCc1cc(=O)[nH]c(SC(C)C(=O)NC2CCCCC2)n1. The second-order valence-corrected chi connectivity index (χ2v) is 9.40. The smallest absolute Gasteiger partial charge is 0.251 e. The Bertz CT molecular complexity index is 598. The van der Waals surface area contributed by atoms with Crippen molar-refractivity contribution < 1.29 is 4.79 Å². The lowest BCUT2D eigenvalue weighted by molar-refractivity contribution is -0.121. The van der Waals surface area contributed by atoms with Crippen LogP contribution in [0.4, 0.5) is 0 Å². The maximum atomic E-state index is 12.3. The van der Waals surface area contributed by atoms with Crippen molar-refractivity contribution in [3.05, 3.63) is 22.1 Å². The van der Waals surface area contributed by atoms with Crippen LogP contribution in [0.2, 0.25) is 0 Å². The molecule has 1 aliphatic rings. The van der Waals surface area contributed by atoms with E-state index in [0.29, 0.717) is 22.2 Å². The van der Waals surface area contributed by atoms with E-state index in [1.165, 1.54) is 37.1 Å². The molecule has 1 aromatic heterocycles. The Morgan fingerprint density at radius 1 is 1.33 bits per heavy atom. The Morgan fingerprint density at radius 3 is 2.71 bits per heavy atom. The predicted octanol–water partition coefficient (Wildman–Crippen LogP) is 3.34. The molecule has 1 saturated carbocycles. The number of carbonyl (C=O) groups excluding carboxylic acids is 1. The van der Waals surface area contributed by atoms with Crippen LogP contribution in [-0.2, 0) is 10.5 Å². The summed E-state index contributed by atoms with van der Waals surface area (Å²) in [5.41, 5.74) is 0.603. The van der Waals surface area contributed by atoms with Crippen LogP contribution in [0.3, 0.4) is 0 Å². The maximum absolute atomic E-state index is 12.3. The van der Waals surface area contributed by atoms with Gasteiger partial charge in [-0.2, -0.15) is 11.8 Å². The van der Waals surface area contributed by atoms with E-state index in [1.54, 1.807) is 11.8 Å². The molecule has 1 atom stereocenters. The number of carbonyl (C=O) groups is 1. The molecule has 7 heteroatoms. The Hall–Kier alpha value is -0.950. The number of amides is 1. The zero-order chi connectivity index (χ0) is 17.5. The van der Waals surface area contributed by atoms with E-state index < -0.39 is 0 Å². The zero-order valence-corrected chi connectivity index (χ0v) is 16.3. The first kappa shape index (κ1) is 19.4. The minimum Gasteiger partial charge on any atom is -0.352 e. The maximum Gasteiger partial charge on any atom is 0.251 e. The second kappa shape index (κ2) is 9.51. The molecule has 24 heavy (non-hydrogen) atoms. The number of nitrogens with zero attached hydrogens (tertiary/aromatic N) is 1. The highest BCUT2D eigenvalue weighted by Crippen LogP contribution is 2.22. The van der Waals surface area contributed by atoms with Gasteiger partial charge in [0.25, 0.3) is 5.56 Å². The summed E-state index contributed by atoms with van der Waals surface area (Å²) >= 11 is 3.06. The number of rotatable bonds is 7. The van der Waals surface area contributed by atoms with E-state index in [-0.39, 0.29) is 16.7 Å². The van der Waals surface area contributed by atoms with Gasteiger partial charge in [-0.3, -0.25) is 9.59 Å². The highest BCUT2D eigenvalue weighted by molar-refractivity contribution is 8.00. The summed E-state index contributed by atoms with van der Waals surface area (Å²) in [6, 6.07) is 1.83. The summed E-state index contributed by atoms with van der Waals surface area (Å²) in [6.07, 6.45) is 5.79. The Balaban J connectivity index is 1.93. The van der Waals surface area contributed by atoms with Crippen molar-refractivity contribution in [2.24, 2.45) is 0 Å². The van der Waals surface area contributed by atoms with Gasteiger partial charge >= 0.3 is 0 Å². The summed E-state index contributed by atoms with van der Waals surface area (Å²) in [4.78, 5) is 31.4. The molecular weight excluding hydrogens is 342 g/mol. The third kappa shape index (κ3) is 6.51. The van der Waals surface area contributed by atoms with Crippen LogP contribution in [0.25, 0.3) is 0 Å². The lowest BCUT2D eigenvalue weighted by Crippen LogP contribution is -2.40. The van der Waals surface area contributed by atoms with Crippen LogP contribution in [0.1, 0.15) is 58.6 Å². The number of hydrogen-bond donors (Lipinski definition) is 2. The summed E-state index contributed by atoms with van der Waals surface area (Å²) in [6.45, 7) is 6.09. The first-order valence-corrected chi connectivity index (χ1v) is 10.6. The van der Waals surface area contributed by atoms with E-state index in [1.807, 2.05) is 6.92 Å². The number of nitrogens with one attached hydrogen (secondary N) is 2. The molecule has 0 spiro atoms. The number of aromatic amines is 1. The molecule has 134 valence electrons. The third-order valence-electron chi connectivity index (χ3n) is 3.95. The van der Waals surface area contributed by atoms with Gasteiger partial charge < -0.3 is 10.3 Å². The number of H-pyrrole nitrogens is 1. The fourth-order valence-corrected chi connectivity index (χ4v) is 4.14. The molecule has 1 fully saturated rings. The topological polar surface area (TPSA) is 74.8 Å². The van der Waals surface area contributed by atoms with Crippen molar-refractivity contribution in [2.45, 2.75) is 80.3 Å². The summed E-state index contributed by atoms with van der Waals surface area (Å²) in [5.74, 6) is 0.731. The highest BCUT2D eigenvalue weighted by atomic mass is 32.2. The van der Waals surface area contributed by atoms with E-state index in [0.717, 1.165) is 18.5 Å². The first-order valence-electron chi connectivity index (χ1n) is 8.63. The van der Waals surface area contributed by atoms with Crippen LogP contribution in [-0.4, -0.2) is 32.4 Å². The normalized spacial score (nSPS) is 17.0. The van der Waals surface area contributed by atoms with Crippen molar-refractivity contribution in [1.82, 2.24) is 15.3 Å². The average molecular weight is 370 g/mol. The predicted molar refractivity (Wildman–Crippen MR) is 102 cm³/mol. The van der Waals surface area contributed by atoms with E-state index in [4.69, 9.17) is 0 Å². The van der Waals surface area contributed by atoms with Crippen molar-refractivity contribution in [1.29, 1.82) is 0 Å². The first-order chi connectivity index (χ1) is 11.4. The van der Waals surface area contributed by atoms with Gasteiger partial charge in [0.05, 0.1) is 10.9 Å². The molecule has 1 aromatic rings. The molecule has 0 bridgehead atoms. The van der Waals surface area contributed by atoms with E-state index >= 15 is 0 Å². The molecule has 1 heterocycles. The van der Waals surface area contributed by atoms with Gasteiger partial charge in [-0.1, -0.05) is 44.9 Å². The Labute approximate surface area is 152 Å². The summed E-state index contributed by atoms with van der Waals surface area (Å²) < 4.78 is 0. The van der Waals surface area contributed by atoms with Gasteiger partial charge in [0, 0.05) is 17.9 Å². The minimum atomic E-state index is -0.275. The van der Waals surface area contributed by atoms with Crippen LogP contribution >= 0.6 is 23.5 Å². The monoisotopic (exact) mass is 369 g/mol. The second-order valence-electron chi connectivity index (χ2n) is 6.51. The molecule has 0 aromatic carbocycles. The average Bonchev–Trinajstić information content (AvgIpc) is 2.53. The molecular formula is C17H27N3O2S2. The van der Waals surface area contributed by atoms with Gasteiger partial charge in [-0.25, -0.2) is 4.98 Å². The van der Waals surface area contributed by atoms with Crippen molar-refractivity contribution >= 4 is 29.4 Å². The van der Waals surface area contributed by atoms with Crippen molar-refractivity contribution in [3.8, 4) is 0 Å². The van der Waals surface area contributed by atoms with Gasteiger partial charge in [-0.15, -0.1) is 0 Å². The molecule has 0 aliphatic heterocycles. The number of hydrogen-bond acceptors (Lipinski definition) is 5. The molecule has 1 unspecified atom stereocenters. The molecule has 2 N–H and O–H groups in total. The van der Waals surface area contributed by atoms with Gasteiger partial charge in [0.2, 0.25) is 5.91 Å². The molecule has 1 aliphatic carbocycles. The summed E-state index contributed by atoms with van der Waals surface area (Å²) in [5, 5.41) is 3.86. The fraction of sp³-hybridized carbons (Fsp3) is 0.706. The highest BCUT2D eigenvalue weighted by Gasteiger charge is 2.21. The van der Waals surface area contributed by atoms with Crippen LogP contribution in [0.15, 0.2) is 16.0 Å². The van der Waals surface area contributed by atoms with Gasteiger partial charge in [0.15, 0.2) is 5.16 Å². The van der Waals surface area contributed by atoms with E-state index in [9.17, 15) is 9.59 Å². The summed E-state index contributed by atoms with van der Waals surface area (Å²) in [7, 11) is 0. The molecule has 5 nitrogen and oxygen atoms in total. The van der Waals surface area contributed by atoms with Crippen molar-refractivity contribution in [3.63, 3.8) is 0 Å². The fourth-order valence-electron chi connectivity index (χ4n) is 2.65. The molecule has 0 saturated heterocycles. The molecule has 0 radical (unpaired) electrons. The van der Waals surface area contributed by atoms with Gasteiger partial charge in [0.1, 0.15) is 0 Å². The van der Waals surface area contributed by atoms with Crippen LogP contribution in [0.5, 0.6) is 0 Å². The van der Waals surface area contributed by atoms with Crippen LogP contribution < -0.4 is 10.9 Å². The lowest BCUT2D eigenvalue weighted by atomic mass is 9.95. The molecule has 2 rings (SSSR count). The zero-order valence-electron chi connectivity index (χ0n) is 14.6. The quantitative estimate of drug-likeness (QED) is 0.569. The standard InChI is InChI=1S/C17H27N3O2S2/c1-11(2)23-10-14-9-15(21)20-17(19-14)24-12(3)16(22)18-13-7-5-4-6-8-13/h9,11-13H,4-8,10H2,1-3H3,(H,18,22)(H,19,20,21). The van der Waals surface area contributed by atoms with Gasteiger partial charge in [-0.05, 0) is 25.0 Å². The number of thioether (sulfide) groups is 2. The van der Waals surface area contributed by atoms with Crippen molar-refractivity contribution in [2.75, 3.05) is 0 Å².